The van der Waals surface area contributed by atoms with Crippen LogP contribution in [0.2, 0.25) is 0 Å². The molecule has 1 aliphatic carbocycles. The van der Waals surface area contributed by atoms with Gasteiger partial charge in [-0.2, -0.15) is 0 Å². The maximum absolute atomic E-state index is 13.6. The smallest absolute Gasteiger partial charge is 0.305 e. The molecule has 1 saturated heterocycles. The number of hydrogen-bond acceptors (Lipinski definition) is 5. The van der Waals surface area contributed by atoms with Crippen LogP contribution in [0, 0.1) is 17.7 Å². The van der Waals surface area contributed by atoms with Crippen LogP contribution < -0.4 is 0 Å². The molecule has 0 N–H and O–H groups in total. The van der Waals surface area contributed by atoms with Gasteiger partial charge in [0.1, 0.15) is 12.4 Å². The summed E-state index contributed by atoms with van der Waals surface area (Å²) >= 11 is 0. The molecular weight excluding hydrogens is 433 g/mol. The zero-order chi connectivity index (χ0) is 23.8. The Morgan fingerprint density at radius 1 is 1.18 bits per heavy atom. The summed E-state index contributed by atoms with van der Waals surface area (Å²) in [6.45, 7) is 1.04. The third kappa shape index (κ3) is 5.55. The third-order valence-electron chi connectivity index (χ3n) is 7.06. The van der Waals surface area contributed by atoms with Crippen LogP contribution in [0.25, 0.3) is 0 Å². The number of ether oxygens (including phenoxy) is 2. The molecule has 0 unspecified atom stereocenters. The first kappa shape index (κ1) is 24.1. The molecule has 0 aromatic heterocycles. The second kappa shape index (κ2) is 11.4. The predicted octanol–water partition coefficient (Wildman–Crippen LogP) is 5.59. The van der Waals surface area contributed by atoms with Crippen LogP contribution in [0.15, 0.2) is 71.9 Å². The van der Waals surface area contributed by atoms with E-state index in [9.17, 15) is 9.18 Å². The van der Waals surface area contributed by atoms with Gasteiger partial charge in [0, 0.05) is 24.0 Å². The lowest BCUT2D eigenvalue weighted by atomic mass is 9.69. The number of unbranched alkanes of at least 4 members (excludes halogenated alkanes) is 1. The molecule has 2 fully saturated rings. The number of carbonyl (C=O) groups excluding carboxylic acids is 1. The van der Waals surface area contributed by atoms with Crippen LogP contribution in [-0.4, -0.2) is 32.0 Å². The van der Waals surface area contributed by atoms with E-state index in [4.69, 9.17) is 14.3 Å². The summed E-state index contributed by atoms with van der Waals surface area (Å²) in [5.74, 6) is -0.0456. The van der Waals surface area contributed by atoms with Crippen molar-refractivity contribution in [2.24, 2.45) is 17.0 Å². The monoisotopic (exact) mass is 465 g/mol. The number of esters is 1. The van der Waals surface area contributed by atoms with Crippen LogP contribution in [0.1, 0.15) is 43.2 Å². The van der Waals surface area contributed by atoms with Crippen molar-refractivity contribution in [1.82, 2.24) is 0 Å². The quantitative estimate of drug-likeness (QED) is 0.143. The molecule has 0 amide bonds. The fourth-order valence-corrected chi connectivity index (χ4v) is 5.27. The van der Waals surface area contributed by atoms with Crippen molar-refractivity contribution in [3.63, 3.8) is 0 Å². The van der Waals surface area contributed by atoms with E-state index in [1.54, 1.807) is 0 Å². The molecule has 2 aromatic rings. The van der Waals surface area contributed by atoms with Crippen LogP contribution in [-0.2, 0) is 31.1 Å². The lowest BCUT2D eigenvalue weighted by Gasteiger charge is -2.37. The Morgan fingerprint density at radius 2 is 1.97 bits per heavy atom. The summed E-state index contributed by atoms with van der Waals surface area (Å²) in [6.07, 6.45) is 10.0. The van der Waals surface area contributed by atoms with E-state index in [0.29, 0.717) is 19.6 Å². The van der Waals surface area contributed by atoms with Crippen LogP contribution in [0.4, 0.5) is 4.39 Å². The Bertz CT molecular complexity index is 991. The lowest BCUT2D eigenvalue weighted by molar-refractivity contribution is -0.140. The molecule has 1 heterocycles. The molecule has 5 nitrogen and oxygen atoms in total. The number of benzene rings is 2. The fraction of sp³-hybridized carbons (Fsp3) is 0.429. The molecular formula is C28H32FNO4. The number of carbonyl (C=O) groups is 1. The Balaban J connectivity index is 1.45. The maximum atomic E-state index is 13.6. The lowest BCUT2D eigenvalue weighted by Crippen LogP contribution is -2.40. The van der Waals surface area contributed by atoms with Gasteiger partial charge in [0.15, 0.2) is 0 Å². The number of fused-ring (bicyclic) bond motifs is 2. The van der Waals surface area contributed by atoms with Gasteiger partial charge in [-0.25, -0.2) is 4.39 Å². The molecule has 1 saturated carbocycles. The number of rotatable bonds is 11. The van der Waals surface area contributed by atoms with Crippen LogP contribution >= 0.6 is 0 Å². The van der Waals surface area contributed by atoms with Crippen molar-refractivity contribution in [3.05, 3.63) is 83.7 Å². The van der Waals surface area contributed by atoms with E-state index in [1.807, 2.05) is 48.7 Å². The van der Waals surface area contributed by atoms with E-state index in [1.165, 1.54) is 19.2 Å². The van der Waals surface area contributed by atoms with Crippen molar-refractivity contribution in [1.29, 1.82) is 0 Å². The Labute approximate surface area is 200 Å². The van der Waals surface area contributed by atoms with Gasteiger partial charge in [-0.05, 0) is 54.9 Å². The van der Waals surface area contributed by atoms with Gasteiger partial charge in [0.05, 0.1) is 19.8 Å². The van der Waals surface area contributed by atoms with Crippen molar-refractivity contribution in [2.75, 3.05) is 13.7 Å². The third-order valence-corrected chi connectivity index (χ3v) is 7.06. The highest BCUT2D eigenvalue weighted by Gasteiger charge is 2.58. The Kier molecular flexibility index (Phi) is 8.12. The van der Waals surface area contributed by atoms with E-state index >= 15 is 0 Å². The van der Waals surface area contributed by atoms with Crippen molar-refractivity contribution < 1.29 is 23.5 Å². The first-order valence-electron chi connectivity index (χ1n) is 11.9. The molecule has 6 heteroatoms. The highest BCUT2D eigenvalue weighted by Crippen LogP contribution is 2.56. The molecule has 4 atom stereocenters. The van der Waals surface area contributed by atoms with Gasteiger partial charge >= 0.3 is 5.97 Å². The first-order chi connectivity index (χ1) is 16.6. The summed E-state index contributed by atoms with van der Waals surface area (Å²) in [6, 6.07) is 16.8. The second-order valence-electron chi connectivity index (χ2n) is 9.09. The number of hydrogen-bond donors (Lipinski definition) is 0. The number of halogens is 1. The summed E-state index contributed by atoms with van der Waals surface area (Å²) < 4.78 is 24.5. The standard InChI is InChI=1S/C28H32FNO4/c1-32-27(31)12-8-3-2-7-11-25-24(18-30-34-19-21-9-5-4-6-10-21)26-17-28(25,20-33-26)22-13-15-23(29)16-14-22/h2,4-7,9-10,13-16,18,24-26H,3,8,11-12,17,19-20H2,1H3/b7-2-,30-18?/t24-,25-,26-,28-/m0/s1. The molecule has 2 bridgehead atoms. The highest BCUT2D eigenvalue weighted by atomic mass is 19.1. The molecule has 2 aromatic carbocycles. The summed E-state index contributed by atoms with van der Waals surface area (Å²) in [5, 5.41) is 4.30. The minimum Gasteiger partial charge on any atom is -0.469 e. The molecule has 2 aliphatic rings. The minimum atomic E-state index is -0.233. The molecule has 34 heavy (non-hydrogen) atoms. The van der Waals surface area contributed by atoms with Crippen molar-refractivity contribution in [3.8, 4) is 0 Å². The number of nitrogens with zero attached hydrogens (tertiary/aromatic N) is 1. The molecule has 1 aliphatic heterocycles. The van der Waals surface area contributed by atoms with E-state index in [0.717, 1.165) is 36.8 Å². The maximum Gasteiger partial charge on any atom is 0.305 e. The van der Waals surface area contributed by atoms with Gasteiger partial charge in [0.2, 0.25) is 0 Å². The van der Waals surface area contributed by atoms with E-state index in [2.05, 4.69) is 17.3 Å². The number of oxime groups is 1. The van der Waals surface area contributed by atoms with Gasteiger partial charge in [-0.3, -0.25) is 4.79 Å². The molecule has 4 rings (SSSR count). The average molecular weight is 466 g/mol. The van der Waals surface area contributed by atoms with Gasteiger partial charge in [0.25, 0.3) is 0 Å². The largest absolute Gasteiger partial charge is 0.469 e. The SMILES string of the molecule is COC(=O)CCC/C=C\C[C@H]1[C@H](C=NOCc2ccccc2)[C@@H]2C[C@@]1(c1ccc(F)cc1)CO2. The normalized spacial score (nSPS) is 25.9. The summed E-state index contributed by atoms with van der Waals surface area (Å²) in [4.78, 5) is 16.9. The van der Waals surface area contributed by atoms with Gasteiger partial charge in [-0.1, -0.05) is 59.8 Å². The average Bonchev–Trinajstić information content (AvgIpc) is 3.43. The number of allylic oxidation sites excluding steroid dienone is 2. The number of methoxy groups -OCH3 is 1. The van der Waals surface area contributed by atoms with Gasteiger partial charge in [-0.15, -0.1) is 0 Å². The first-order valence-corrected chi connectivity index (χ1v) is 11.9. The Morgan fingerprint density at radius 3 is 2.74 bits per heavy atom. The highest BCUT2D eigenvalue weighted by molar-refractivity contribution is 5.69. The topological polar surface area (TPSA) is 57.1 Å². The molecule has 0 radical (unpaired) electrons. The zero-order valence-corrected chi connectivity index (χ0v) is 19.6. The zero-order valence-electron chi connectivity index (χ0n) is 19.6. The van der Waals surface area contributed by atoms with E-state index < -0.39 is 0 Å². The van der Waals surface area contributed by atoms with Crippen LogP contribution in [0.5, 0.6) is 0 Å². The molecule has 180 valence electrons. The van der Waals surface area contributed by atoms with Crippen LogP contribution in [0.3, 0.4) is 0 Å². The Hall–Kier alpha value is -2.99. The van der Waals surface area contributed by atoms with Gasteiger partial charge < -0.3 is 14.3 Å². The van der Waals surface area contributed by atoms with E-state index in [-0.39, 0.29) is 35.1 Å². The van der Waals surface area contributed by atoms with Crippen molar-refractivity contribution in [2.45, 2.75) is 50.2 Å². The van der Waals surface area contributed by atoms with Crippen molar-refractivity contribution >= 4 is 12.2 Å². The minimum absolute atomic E-state index is 0.0619. The second-order valence-corrected chi connectivity index (χ2v) is 9.09. The summed E-state index contributed by atoms with van der Waals surface area (Å²) in [7, 11) is 1.41. The fourth-order valence-electron chi connectivity index (χ4n) is 5.27. The molecule has 0 spiro atoms. The predicted molar refractivity (Wildman–Crippen MR) is 129 cm³/mol. The summed E-state index contributed by atoms with van der Waals surface area (Å²) in [5.41, 5.74) is 2.00.